The standard InChI is InChI=1S/C36H43ClN2O7S/c1-22-5-3-7-31(46-33-14-16-44-35(33)41)28-11-8-26(28)19-39-20-36(15-4-6-24-17-27(37)10-12-29(24)36)21-45-32-13-9-25(18-30(32)39)34(40)38-47(42,43)23(22)2/h3,7,9-10,12-13,17-18,22-23,26,28,31,33H,4-6,8,11,14-16,19-21H2,1-2H3,(H,38,40)/b7-3-/t22-,23+,26-,28+,31-,33+,36-/m0/s1. The summed E-state index contributed by atoms with van der Waals surface area (Å²) in [6.45, 7) is 5.70. The third kappa shape index (κ3) is 6.29. The fourth-order valence-electron chi connectivity index (χ4n) is 8.08. The zero-order valence-electron chi connectivity index (χ0n) is 27.0. The molecule has 2 aliphatic carbocycles. The Hall–Kier alpha value is -3.08. The molecular formula is C36H43ClN2O7S. The first-order chi connectivity index (χ1) is 22.5. The molecule has 1 spiro atoms. The highest BCUT2D eigenvalue weighted by Gasteiger charge is 2.45. The molecule has 0 unspecified atom stereocenters. The highest BCUT2D eigenvalue weighted by molar-refractivity contribution is 7.90. The number of benzene rings is 2. The normalized spacial score (nSPS) is 34.1. The van der Waals surface area contributed by atoms with Crippen LogP contribution in [0.3, 0.4) is 0 Å². The van der Waals surface area contributed by atoms with Gasteiger partial charge in [-0.15, -0.1) is 0 Å². The molecule has 1 saturated carbocycles. The third-order valence-electron chi connectivity index (χ3n) is 11.2. The van der Waals surface area contributed by atoms with Crippen molar-refractivity contribution in [1.29, 1.82) is 0 Å². The van der Waals surface area contributed by atoms with Crippen LogP contribution in [0.1, 0.15) is 73.9 Å². The van der Waals surface area contributed by atoms with Crippen LogP contribution in [0.5, 0.6) is 5.75 Å². The number of sulfonamides is 1. The van der Waals surface area contributed by atoms with E-state index in [9.17, 15) is 18.0 Å². The molecule has 3 aliphatic heterocycles. The van der Waals surface area contributed by atoms with Crippen LogP contribution in [0.2, 0.25) is 5.02 Å². The van der Waals surface area contributed by atoms with Crippen molar-refractivity contribution < 1.29 is 32.2 Å². The van der Waals surface area contributed by atoms with Crippen molar-refractivity contribution in [3.8, 4) is 5.75 Å². The van der Waals surface area contributed by atoms with E-state index in [0.29, 0.717) is 44.9 Å². The maximum atomic E-state index is 13.5. The minimum Gasteiger partial charge on any atom is -0.490 e. The highest BCUT2D eigenvalue weighted by atomic mass is 35.5. The predicted octanol–water partition coefficient (Wildman–Crippen LogP) is 5.58. The second kappa shape index (κ2) is 12.7. The first kappa shape index (κ1) is 32.5. The summed E-state index contributed by atoms with van der Waals surface area (Å²) in [5.74, 6) is -0.141. The Labute approximate surface area is 282 Å². The Morgan fingerprint density at radius 1 is 1.06 bits per heavy atom. The highest BCUT2D eigenvalue weighted by Crippen LogP contribution is 2.47. The van der Waals surface area contributed by atoms with Crippen molar-refractivity contribution in [3.63, 3.8) is 0 Å². The molecule has 47 heavy (non-hydrogen) atoms. The number of aryl methyl sites for hydroxylation is 1. The lowest BCUT2D eigenvalue weighted by Gasteiger charge is -2.46. The number of halogens is 1. The number of ether oxygens (including phenoxy) is 3. The van der Waals surface area contributed by atoms with Crippen molar-refractivity contribution in [1.82, 2.24) is 4.72 Å². The monoisotopic (exact) mass is 682 g/mol. The Morgan fingerprint density at radius 3 is 2.68 bits per heavy atom. The van der Waals surface area contributed by atoms with Gasteiger partial charge < -0.3 is 19.1 Å². The van der Waals surface area contributed by atoms with Gasteiger partial charge in [-0.25, -0.2) is 17.9 Å². The minimum absolute atomic E-state index is 0.163. The molecule has 252 valence electrons. The number of carbonyl (C=O) groups is 2. The van der Waals surface area contributed by atoms with Crippen molar-refractivity contribution in [3.05, 3.63) is 70.3 Å². The molecule has 1 N–H and O–H groups in total. The Morgan fingerprint density at radius 2 is 1.91 bits per heavy atom. The summed E-state index contributed by atoms with van der Waals surface area (Å²) in [4.78, 5) is 28.3. The lowest BCUT2D eigenvalue weighted by molar-refractivity contribution is -0.152. The van der Waals surface area contributed by atoms with E-state index < -0.39 is 27.3 Å². The van der Waals surface area contributed by atoms with E-state index in [2.05, 4.69) is 21.8 Å². The van der Waals surface area contributed by atoms with Gasteiger partial charge in [0.25, 0.3) is 5.91 Å². The van der Waals surface area contributed by atoms with Crippen LogP contribution < -0.4 is 14.4 Å². The Balaban J connectivity index is 1.29. The number of esters is 1. The number of fused-ring (bicyclic) bond motifs is 4. The van der Waals surface area contributed by atoms with Crippen molar-refractivity contribution in [2.24, 2.45) is 17.8 Å². The van der Waals surface area contributed by atoms with Crippen LogP contribution in [0.15, 0.2) is 48.6 Å². The van der Waals surface area contributed by atoms with E-state index in [0.717, 1.165) is 42.8 Å². The summed E-state index contributed by atoms with van der Waals surface area (Å²) in [6.07, 6.45) is 8.96. The van der Waals surface area contributed by atoms with Gasteiger partial charge in [-0.3, -0.25) is 4.79 Å². The lowest BCUT2D eigenvalue weighted by atomic mass is 9.68. The van der Waals surface area contributed by atoms with Gasteiger partial charge in [0, 0.05) is 35.5 Å². The van der Waals surface area contributed by atoms with Gasteiger partial charge in [0.2, 0.25) is 10.0 Å². The molecule has 2 aromatic rings. The average Bonchev–Trinajstić information content (AvgIpc) is 3.36. The Bertz CT molecular complexity index is 1700. The number of anilines is 1. The van der Waals surface area contributed by atoms with Crippen LogP contribution in [0, 0.1) is 17.8 Å². The molecule has 7 atom stereocenters. The minimum atomic E-state index is -3.97. The largest absolute Gasteiger partial charge is 0.490 e. The number of rotatable bonds is 2. The molecule has 0 aromatic heterocycles. The molecular weight excluding hydrogens is 640 g/mol. The second-order valence-corrected chi connectivity index (χ2v) is 16.6. The molecule has 2 aromatic carbocycles. The summed E-state index contributed by atoms with van der Waals surface area (Å²) < 4.78 is 47.3. The number of cyclic esters (lactones) is 1. The number of amides is 1. The fraction of sp³-hybridized carbons (Fsp3) is 0.556. The van der Waals surface area contributed by atoms with E-state index in [4.69, 9.17) is 25.8 Å². The molecule has 11 heteroatoms. The van der Waals surface area contributed by atoms with Gasteiger partial charge in [-0.1, -0.05) is 36.7 Å². The number of carbonyl (C=O) groups excluding carboxylic acids is 2. The van der Waals surface area contributed by atoms with Crippen molar-refractivity contribution in [2.45, 2.75) is 81.7 Å². The van der Waals surface area contributed by atoms with E-state index in [-0.39, 0.29) is 40.8 Å². The van der Waals surface area contributed by atoms with Gasteiger partial charge >= 0.3 is 5.97 Å². The van der Waals surface area contributed by atoms with Crippen LogP contribution >= 0.6 is 11.6 Å². The second-order valence-electron chi connectivity index (χ2n) is 14.2. The maximum Gasteiger partial charge on any atom is 0.335 e. The average molecular weight is 683 g/mol. The van der Waals surface area contributed by atoms with Crippen LogP contribution in [-0.4, -0.2) is 64.1 Å². The van der Waals surface area contributed by atoms with Crippen molar-refractivity contribution in [2.75, 3.05) is 31.2 Å². The van der Waals surface area contributed by atoms with Crippen LogP contribution in [-0.2, 0) is 36.1 Å². The molecule has 2 fully saturated rings. The van der Waals surface area contributed by atoms with Gasteiger partial charge in [-0.05, 0) is 105 Å². The zero-order valence-corrected chi connectivity index (χ0v) is 28.5. The summed E-state index contributed by atoms with van der Waals surface area (Å²) in [5.41, 5.74) is 3.24. The topological polar surface area (TPSA) is 111 Å². The Kier molecular flexibility index (Phi) is 8.81. The first-order valence-corrected chi connectivity index (χ1v) is 18.8. The molecule has 5 aliphatic rings. The fourth-order valence-corrected chi connectivity index (χ4v) is 9.56. The summed E-state index contributed by atoms with van der Waals surface area (Å²) in [5, 5.41) is -0.0921. The van der Waals surface area contributed by atoms with Crippen LogP contribution in [0.25, 0.3) is 0 Å². The van der Waals surface area contributed by atoms with Crippen LogP contribution in [0.4, 0.5) is 5.69 Å². The molecule has 2 bridgehead atoms. The third-order valence-corrected chi connectivity index (χ3v) is 13.4. The SMILES string of the molecule is C[C@@H]1[C@@H](C)C/C=C\[C@H](O[C@@H]2CCOC2=O)[C@@H]2CC[C@H]2CN2C[C@@]3(CCCc4cc(Cl)ccc43)COc3ccc(cc32)C(=O)NS1(=O)=O. The molecule has 7 rings (SSSR count). The maximum absolute atomic E-state index is 13.5. The summed E-state index contributed by atoms with van der Waals surface area (Å²) in [6, 6.07) is 11.4. The van der Waals surface area contributed by atoms with E-state index in [1.165, 1.54) is 11.1 Å². The number of hydrogen-bond acceptors (Lipinski definition) is 8. The predicted molar refractivity (Wildman–Crippen MR) is 179 cm³/mol. The smallest absolute Gasteiger partial charge is 0.335 e. The van der Waals surface area contributed by atoms with Gasteiger partial charge in [0.1, 0.15) is 5.75 Å². The molecule has 1 saturated heterocycles. The van der Waals surface area contributed by atoms with Crippen molar-refractivity contribution >= 4 is 39.2 Å². The molecule has 1 amide bonds. The quantitative estimate of drug-likeness (QED) is 0.323. The molecule has 0 radical (unpaired) electrons. The zero-order chi connectivity index (χ0) is 32.9. The van der Waals surface area contributed by atoms with Gasteiger partial charge in [0.05, 0.1) is 30.3 Å². The summed E-state index contributed by atoms with van der Waals surface area (Å²) >= 11 is 6.43. The van der Waals surface area contributed by atoms with E-state index in [1.807, 2.05) is 25.1 Å². The number of nitrogens with one attached hydrogen (secondary N) is 1. The van der Waals surface area contributed by atoms with E-state index in [1.54, 1.807) is 25.1 Å². The van der Waals surface area contributed by atoms with Gasteiger partial charge in [-0.2, -0.15) is 0 Å². The lowest BCUT2D eigenvalue weighted by Crippen LogP contribution is -2.50. The number of nitrogens with zero attached hydrogens (tertiary/aromatic N) is 1. The molecule has 3 heterocycles. The number of allylic oxidation sites excluding steroid dienone is 1. The molecule has 9 nitrogen and oxygen atoms in total. The number of hydrogen-bond donors (Lipinski definition) is 1. The first-order valence-electron chi connectivity index (χ1n) is 16.9. The summed E-state index contributed by atoms with van der Waals surface area (Å²) in [7, 11) is -3.97. The van der Waals surface area contributed by atoms with E-state index >= 15 is 0 Å². The van der Waals surface area contributed by atoms with Gasteiger partial charge in [0.15, 0.2) is 6.10 Å².